The SMILES string of the molecule is CCNCCN(C)CC1CN(C(C)C)CCO1. The van der Waals surface area contributed by atoms with Gasteiger partial charge in [-0.25, -0.2) is 0 Å². The average molecular weight is 243 g/mol. The lowest BCUT2D eigenvalue weighted by Gasteiger charge is -2.37. The summed E-state index contributed by atoms with van der Waals surface area (Å²) in [6.07, 6.45) is 0.373. The zero-order valence-electron chi connectivity index (χ0n) is 11.9. The molecule has 1 atom stereocenters. The Morgan fingerprint density at radius 1 is 1.47 bits per heavy atom. The van der Waals surface area contributed by atoms with Crippen LogP contribution in [0.15, 0.2) is 0 Å². The maximum absolute atomic E-state index is 5.83. The summed E-state index contributed by atoms with van der Waals surface area (Å²) in [4.78, 5) is 4.86. The van der Waals surface area contributed by atoms with Crippen LogP contribution >= 0.6 is 0 Å². The van der Waals surface area contributed by atoms with Crippen LogP contribution in [0.3, 0.4) is 0 Å². The Morgan fingerprint density at radius 3 is 2.88 bits per heavy atom. The molecule has 0 aromatic rings. The summed E-state index contributed by atoms with van der Waals surface area (Å²) < 4.78 is 5.83. The van der Waals surface area contributed by atoms with Gasteiger partial charge in [-0.15, -0.1) is 0 Å². The molecular formula is C13H29N3O. The first-order valence-corrected chi connectivity index (χ1v) is 6.88. The van der Waals surface area contributed by atoms with E-state index in [1.165, 1.54) is 0 Å². The number of hydrogen-bond donors (Lipinski definition) is 1. The van der Waals surface area contributed by atoms with Gasteiger partial charge < -0.3 is 15.0 Å². The zero-order chi connectivity index (χ0) is 12.7. The van der Waals surface area contributed by atoms with Crippen molar-refractivity contribution < 1.29 is 4.74 Å². The Bertz CT molecular complexity index is 199. The highest BCUT2D eigenvalue weighted by Crippen LogP contribution is 2.09. The topological polar surface area (TPSA) is 27.7 Å². The van der Waals surface area contributed by atoms with Crippen LogP contribution in [0.2, 0.25) is 0 Å². The molecule has 1 rings (SSSR count). The normalized spacial score (nSPS) is 22.6. The van der Waals surface area contributed by atoms with Gasteiger partial charge in [-0.2, -0.15) is 0 Å². The van der Waals surface area contributed by atoms with E-state index < -0.39 is 0 Å². The van der Waals surface area contributed by atoms with Gasteiger partial charge in [0.15, 0.2) is 0 Å². The molecule has 0 aliphatic carbocycles. The van der Waals surface area contributed by atoms with E-state index in [4.69, 9.17) is 4.74 Å². The number of nitrogens with zero attached hydrogens (tertiary/aromatic N) is 2. The van der Waals surface area contributed by atoms with E-state index in [1.807, 2.05) is 0 Å². The zero-order valence-corrected chi connectivity index (χ0v) is 11.9. The lowest BCUT2D eigenvalue weighted by Crippen LogP contribution is -2.49. The van der Waals surface area contributed by atoms with Gasteiger partial charge in [-0.3, -0.25) is 4.90 Å². The maximum Gasteiger partial charge on any atom is 0.0829 e. The minimum atomic E-state index is 0.373. The van der Waals surface area contributed by atoms with Gasteiger partial charge >= 0.3 is 0 Å². The summed E-state index contributed by atoms with van der Waals surface area (Å²) in [5.74, 6) is 0. The lowest BCUT2D eigenvalue weighted by molar-refractivity contribution is -0.0493. The van der Waals surface area contributed by atoms with E-state index in [0.29, 0.717) is 12.1 Å². The first kappa shape index (κ1) is 14.9. The summed E-state index contributed by atoms with van der Waals surface area (Å²) in [5, 5.41) is 3.35. The van der Waals surface area contributed by atoms with Crippen LogP contribution < -0.4 is 5.32 Å². The Kier molecular flexibility index (Phi) is 7.04. The third-order valence-corrected chi connectivity index (χ3v) is 3.34. The summed E-state index contributed by atoms with van der Waals surface area (Å²) >= 11 is 0. The molecule has 1 heterocycles. The first-order valence-electron chi connectivity index (χ1n) is 6.88. The fraction of sp³-hybridized carbons (Fsp3) is 1.00. The van der Waals surface area contributed by atoms with E-state index in [1.54, 1.807) is 0 Å². The van der Waals surface area contributed by atoms with Crippen molar-refractivity contribution >= 4 is 0 Å². The smallest absolute Gasteiger partial charge is 0.0829 e. The number of ether oxygens (including phenoxy) is 1. The second-order valence-corrected chi connectivity index (χ2v) is 5.20. The summed E-state index contributed by atoms with van der Waals surface area (Å²) in [5.41, 5.74) is 0. The van der Waals surface area contributed by atoms with Crippen LogP contribution in [-0.4, -0.2) is 74.9 Å². The van der Waals surface area contributed by atoms with E-state index in [9.17, 15) is 0 Å². The van der Waals surface area contributed by atoms with E-state index >= 15 is 0 Å². The third-order valence-electron chi connectivity index (χ3n) is 3.34. The van der Waals surface area contributed by atoms with Crippen molar-refractivity contribution in [3.05, 3.63) is 0 Å². The molecule has 17 heavy (non-hydrogen) atoms. The van der Waals surface area contributed by atoms with E-state index in [2.05, 4.69) is 42.9 Å². The highest BCUT2D eigenvalue weighted by Gasteiger charge is 2.22. The number of likely N-dealkylation sites (N-methyl/N-ethyl adjacent to an activating group) is 2. The van der Waals surface area contributed by atoms with Crippen molar-refractivity contribution in [3.63, 3.8) is 0 Å². The quantitative estimate of drug-likeness (QED) is 0.664. The molecule has 0 aromatic heterocycles. The lowest BCUT2D eigenvalue weighted by atomic mass is 10.2. The highest BCUT2D eigenvalue weighted by atomic mass is 16.5. The van der Waals surface area contributed by atoms with Crippen LogP contribution in [0.5, 0.6) is 0 Å². The molecule has 0 saturated carbocycles. The first-order chi connectivity index (χ1) is 8.13. The van der Waals surface area contributed by atoms with Crippen molar-refractivity contribution in [1.29, 1.82) is 0 Å². The minimum Gasteiger partial charge on any atom is -0.374 e. The molecule has 102 valence electrons. The van der Waals surface area contributed by atoms with Gasteiger partial charge in [0, 0.05) is 38.8 Å². The summed E-state index contributed by atoms with van der Waals surface area (Å²) in [7, 11) is 2.18. The summed E-state index contributed by atoms with van der Waals surface area (Å²) in [6.45, 7) is 13.9. The van der Waals surface area contributed by atoms with Gasteiger partial charge in [0.05, 0.1) is 12.7 Å². The number of morpholine rings is 1. The Morgan fingerprint density at radius 2 is 2.24 bits per heavy atom. The molecule has 1 unspecified atom stereocenters. The second-order valence-electron chi connectivity index (χ2n) is 5.20. The monoisotopic (exact) mass is 243 g/mol. The van der Waals surface area contributed by atoms with E-state index in [0.717, 1.165) is 45.9 Å². The Balaban J connectivity index is 2.21. The Labute approximate surface area is 106 Å². The van der Waals surface area contributed by atoms with Gasteiger partial charge in [0.1, 0.15) is 0 Å². The molecule has 0 aromatic carbocycles. The van der Waals surface area contributed by atoms with Crippen LogP contribution in [0.1, 0.15) is 20.8 Å². The van der Waals surface area contributed by atoms with Crippen molar-refractivity contribution in [1.82, 2.24) is 15.1 Å². The van der Waals surface area contributed by atoms with Crippen molar-refractivity contribution in [2.24, 2.45) is 0 Å². The standard InChI is InChI=1S/C13H29N3O/c1-5-14-6-7-15(4)10-13-11-16(12(2)3)8-9-17-13/h12-14H,5-11H2,1-4H3. The van der Waals surface area contributed by atoms with Gasteiger partial charge in [0.2, 0.25) is 0 Å². The molecule has 4 nitrogen and oxygen atoms in total. The molecule has 0 amide bonds. The third kappa shape index (κ3) is 5.82. The molecule has 1 N–H and O–H groups in total. The number of hydrogen-bond acceptors (Lipinski definition) is 4. The molecule has 0 spiro atoms. The molecule has 0 bridgehead atoms. The molecule has 1 aliphatic heterocycles. The highest BCUT2D eigenvalue weighted by molar-refractivity contribution is 4.76. The largest absolute Gasteiger partial charge is 0.374 e. The second kappa shape index (κ2) is 8.03. The molecule has 1 saturated heterocycles. The van der Waals surface area contributed by atoms with Crippen molar-refractivity contribution in [3.8, 4) is 0 Å². The van der Waals surface area contributed by atoms with Crippen LogP contribution in [0.4, 0.5) is 0 Å². The van der Waals surface area contributed by atoms with Crippen molar-refractivity contribution in [2.45, 2.75) is 32.9 Å². The maximum atomic E-state index is 5.83. The van der Waals surface area contributed by atoms with Crippen LogP contribution in [-0.2, 0) is 4.74 Å². The number of nitrogens with one attached hydrogen (secondary N) is 1. The van der Waals surface area contributed by atoms with Crippen molar-refractivity contribution in [2.75, 3.05) is 52.9 Å². The molecular weight excluding hydrogens is 214 g/mol. The summed E-state index contributed by atoms with van der Waals surface area (Å²) in [6, 6.07) is 0.633. The molecule has 4 heteroatoms. The predicted octanol–water partition coefficient (Wildman–Crippen LogP) is 0.637. The van der Waals surface area contributed by atoms with Crippen LogP contribution in [0.25, 0.3) is 0 Å². The van der Waals surface area contributed by atoms with Gasteiger partial charge in [0.25, 0.3) is 0 Å². The van der Waals surface area contributed by atoms with Gasteiger partial charge in [-0.1, -0.05) is 6.92 Å². The average Bonchev–Trinajstić information content (AvgIpc) is 2.29. The predicted molar refractivity (Wildman–Crippen MR) is 72.5 cm³/mol. The van der Waals surface area contributed by atoms with E-state index in [-0.39, 0.29) is 0 Å². The van der Waals surface area contributed by atoms with Gasteiger partial charge in [-0.05, 0) is 27.4 Å². The molecule has 0 radical (unpaired) electrons. The molecule has 1 aliphatic rings. The minimum absolute atomic E-state index is 0.373. The number of rotatable bonds is 7. The fourth-order valence-corrected chi connectivity index (χ4v) is 2.21. The fourth-order valence-electron chi connectivity index (χ4n) is 2.21. The molecule has 1 fully saturated rings. The Hall–Kier alpha value is -0.160. The van der Waals surface area contributed by atoms with Crippen LogP contribution in [0, 0.1) is 0 Å².